The molecule has 1 N–H and O–H groups in total. The number of hydrogen-bond donors (Lipinski definition) is 1. The first-order valence-electron chi connectivity index (χ1n) is 14.5. The number of benzene rings is 3. The van der Waals surface area contributed by atoms with Gasteiger partial charge in [-0.3, -0.25) is 0 Å². The van der Waals surface area contributed by atoms with Crippen LogP contribution in [0.15, 0.2) is 60.7 Å². The lowest BCUT2D eigenvalue weighted by Crippen LogP contribution is -2.29. The molecule has 6 rings (SSSR count). The van der Waals surface area contributed by atoms with E-state index in [1.807, 2.05) is 37.3 Å². The number of aliphatic carboxylic acids is 1. The van der Waals surface area contributed by atoms with Gasteiger partial charge in [-0.15, -0.1) is 0 Å². The molecule has 0 bridgehead atoms. The van der Waals surface area contributed by atoms with Crippen LogP contribution in [-0.2, 0) is 16.0 Å². The average Bonchev–Trinajstić information content (AvgIpc) is 3.41. The molecule has 226 valence electrons. The van der Waals surface area contributed by atoms with E-state index in [2.05, 4.69) is 0 Å². The van der Waals surface area contributed by atoms with Gasteiger partial charge >= 0.3 is 5.97 Å². The second kappa shape index (κ2) is 11.1. The highest BCUT2D eigenvalue weighted by molar-refractivity contribution is 5.83. The predicted molar refractivity (Wildman–Crippen MR) is 164 cm³/mol. The van der Waals surface area contributed by atoms with Gasteiger partial charge in [-0.1, -0.05) is 30.3 Å². The summed E-state index contributed by atoms with van der Waals surface area (Å²) >= 11 is 0. The lowest BCUT2D eigenvalue weighted by atomic mass is 9.91. The number of ether oxygens (including phenoxy) is 2. The van der Waals surface area contributed by atoms with Crippen molar-refractivity contribution in [2.45, 2.75) is 59.2 Å². The molecule has 0 spiro atoms. The second-order valence-corrected chi connectivity index (χ2v) is 12.1. The SMILES string of the molecule is Cc1nc2cc(-c3cccc(-c4ccc(F)cc4)c3)nn2c(-c2cc(F)c3c(c2C)CCCO3)c1[C@H](OC(C)(C)C)C(=O)O. The zero-order valence-electron chi connectivity index (χ0n) is 25.2. The van der Waals surface area contributed by atoms with Crippen LogP contribution in [-0.4, -0.2) is 37.9 Å². The lowest BCUT2D eigenvalue weighted by molar-refractivity contribution is -0.160. The standard InChI is InChI=1S/C35H33F2N3O4/c1-19-25-10-7-15-43-32(25)27(37)17-26(19)31-30(33(34(41)42)44-35(3,4)5)20(2)38-29-18-28(39-40(29)31)23-9-6-8-22(16-23)21-11-13-24(36)14-12-21/h6,8-9,11-14,16-18,33H,7,10,15H2,1-5H3,(H,41,42)/t33-/m0/s1. The van der Waals surface area contributed by atoms with Crippen molar-refractivity contribution in [2.24, 2.45) is 0 Å². The molecule has 3 heterocycles. The van der Waals surface area contributed by atoms with E-state index in [0.29, 0.717) is 46.9 Å². The van der Waals surface area contributed by atoms with Crippen molar-refractivity contribution in [3.8, 4) is 39.4 Å². The largest absolute Gasteiger partial charge is 0.490 e. The number of aromatic nitrogens is 3. The monoisotopic (exact) mass is 597 g/mol. The van der Waals surface area contributed by atoms with Gasteiger partial charge in [0.05, 0.1) is 23.6 Å². The zero-order chi connectivity index (χ0) is 31.3. The molecule has 3 aromatic carbocycles. The van der Waals surface area contributed by atoms with E-state index in [4.69, 9.17) is 19.6 Å². The lowest BCUT2D eigenvalue weighted by Gasteiger charge is -2.28. The summed E-state index contributed by atoms with van der Waals surface area (Å²) < 4.78 is 42.5. The van der Waals surface area contributed by atoms with Crippen LogP contribution < -0.4 is 4.74 Å². The van der Waals surface area contributed by atoms with Crippen LogP contribution in [0.1, 0.15) is 55.7 Å². The molecule has 1 atom stereocenters. The third kappa shape index (κ3) is 5.43. The van der Waals surface area contributed by atoms with Gasteiger partial charge in [0, 0.05) is 34.0 Å². The number of carboxylic acids is 1. The van der Waals surface area contributed by atoms with Crippen molar-refractivity contribution in [1.82, 2.24) is 14.6 Å². The minimum Gasteiger partial charge on any atom is -0.490 e. The zero-order valence-corrected chi connectivity index (χ0v) is 25.2. The van der Waals surface area contributed by atoms with Crippen LogP contribution in [0, 0.1) is 25.5 Å². The van der Waals surface area contributed by atoms with Crippen molar-refractivity contribution < 1.29 is 28.2 Å². The molecule has 0 radical (unpaired) electrons. The van der Waals surface area contributed by atoms with E-state index in [1.54, 1.807) is 44.3 Å². The fraction of sp³-hybridized carbons (Fsp3) is 0.286. The highest BCUT2D eigenvalue weighted by atomic mass is 19.1. The summed E-state index contributed by atoms with van der Waals surface area (Å²) in [6.45, 7) is 9.41. The van der Waals surface area contributed by atoms with Crippen LogP contribution >= 0.6 is 0 Å². The maximum atomic E-state index is 15.6. The highest BCUT2D eigenvalue weighted by Gasteiger charge is 2.34. The molecule has 0 saturated heterocycles. The van der Waals surface area contributed by atoms with Crippen LogP contribution in [0.4, 0.5) is 8.78 Å². The third-order valence-corrected chi connectivity index (χ3v) is 7.81. The normalized spacial score (nSPS) is 13.9. The summed E-state index contributed by atoms with van der Waals surface area (Å²) in [5.74, 6) is -1.78. The first-order valence-corrected chi connectivity index (χ1v) is 14.5. The number of carboxylic acid groups (broad SMARTS) is 1. The Kier molecular flexibility index (Phi) is 7.45. The number of aryl methyl sites for hydroxylation is 1. The summed E-state index contributed by atoms with van der Waals surface area (Å²) in [5.41, 5.74) is 5.92. The Morgan fingerprint density at radius 1 is 1.02 bits per heavy atom. The van der Waals surface area contributed by atoms with Gasteiger partial charge in [0.2, 0.25) is 0 Å². The Morgan fingerprint density at radius 2 is 1.75 bits per heavy atom. The van der Waals surface area contributed by atoms with E-state index >= 15 is 4.39 Å². The number of halogens is 2. The van der Waals surface area contributed by atoms with Crippen LogP contribution in [0.25, 0.3) is 39.3 Å². The maximum Gasteiger partial charge on any atom is 0.337 e. The topological polar surface area (TPSA) is 86.0 Å². The number of carbonyl (C=O) groups is 1. The van der Waals surface area contributed by atoms with Gasteiger partial charge in [-0.05, 0) is 88.4 Å². The Bertz CT molecular complexity index is 1910. The molecule has 0 saturated carbocycles. The van der Waals surface area contributed by atoms with Crippen LogP contribution in [0.5, 0.6) is 5.75 Å². The van der Waals surface area contributed by atoms with Gasteiger partial charge in [-0.2, -0.15) is 5.10 Å². The predicted octanol–water partition coefficient (Wildman–Crippen LogP) is 7.89. The highest BCUT2D eigenvalue weighted by Crippen LogP contribution is 2.42. The number of hydrogen-bond acceptors (Lipinski definition) is 5. The smallest absolute Gasteiger partial charge is 0.337 e. The molecule has 2 aromatic heterocycles. The van der Waals surface area contributed by atoms with E-state index < -0.39 is 23.5 Å². The van der Waals surface area contributed by atoms with E-state index in [1.165, 1.54) is 18.2 Å². The molecule has 0 aliphatic carbocycles. The van der Waals surface area contributed by atoms with Gasteiger partial charge < -0.3 is 14.6 Å². The van der Waals surface area contributed by atoms with E-state index in [9.17, 15) is 14.3 Å². The third-order valence-electron chi connectivity index (χ3n) is 7.81. The fourth-order valence-electron chi connectivity index (χ4n) is 5.84. The molecule has 0 unspecified atom stereocenters. The Labute approximate surface area is 254 Å². The van der Waals surface area contributed by atoms with Crippen molar-refractivity contribution in [3.63, 3.8) is 0 Å². The van der Waals surface area contributed by atoms with Gasteiger partial charge in [0.25, 0.3) is 0 Å². The van der Waals surface area contributed by atoms with Crippen molar-refractivity contribution >= 4 is 11.6 Å². The Hall–Kier alpha value is -4.63. The second-order valence-electron chi connectivity index (χ2n) is 12.1. The number of rotatable bonds is 6. The molecule has 7 nitrogen and oxygen atoms in total. The summed E-state index contributed by atoms with van der Waals surface area (Å²) in [5, 5.41) is 15.3. The Morgan fingerprint density at radius 3 is 2.45 bits per heavy atom. The summed E-state index contributed by atoms with van der Waals surface area (Å²) in [7, 11) is 0. The minimum absolute atomic E-state index is 0.237. The van der Waals surface area contributed by atoms with Crippen LogP contribution in [0.2, 0.25) is 0 Å². The minimum atomic E-state index is -1.40. The molecule has 44 heavy (non-hydrogen) atoms. The van der Waals surface area contributed by atoms with E-state index in [-0.39, 0.29) is 11.6 Å². The van der Waals surface area contributed by atoms with Crippen LogP contribution in [0.3, 0.4) is 0 Å². The first kappa shape index (κ1) is 29.4. The van der Waals surface area contributed by atoms with E-state index in [0.717, 1.165) is 34.2 Å². The Balaban J connectivity index is 1.62. The molecular formula is C35H33F2N3O4. The molecule has 1 aliphatic rings. The molecule has 0 fully saturated rings. The molecule has 0 amide bonds. The molecule has 9 heteroatoms. The van der Waals surface area contributed by atoms with Crippen molar-refractivity contribution in [1.29, 1.82) is 0 Å². The molecular weight excluding hydrogens is 564 g/mol. The quantitative estimate of drug-likeness (QED) is 0.214. The van der Waals surface area contributed by atoms with Gasteiger partial charge in [0.1, 0.15) is 5.82 Å². The van der Waals surface area contributed by atoms with Crippen molar-refractivity contribution in [3.05, 3.63) is 94.7 Å². The average molecular weight is 598 g/mol. The maximum absolute atomic E-state index is 15.6. The molecule has 1 aliphatic heterocycles. The first-order chi connectivity index (χ1) is 20.9. The van der Waals surface area contributed by atoms with Crippen molar-refractivity contribution in [2.75, 3.05) is 6.61 Å². The number of fused-ring (bicyclic) bond motifs is 2. The van der Waals surface area contributed by atoms with Gasteiger partial charge in [-0.25, -0.2) is 23.1 Å². The van der Waals surface area contributed by atoms with Gasteiger partial charge in [0.15, 0.2) is 23.3 Å². The summed E-state index contributed by atoms with van der Waals surface area (Å²) in [6, 6.07) is 17.1. The summed E-state index contributed by atoms with van der Waals surface area (Å²) in [4.78, 5) is 17.5. The fourth-order valence-corrected chi connectivity index (χ4v) is 5.84. The summed E-state index contributed by atoms with van der Waals surface area (Å²) in [6.07, 6.45) is -0.0167. The molecule has 5 aromatic rings. The number of nitrogens with zero attached hydrogens (tertiary/aromatic N) is 3.